The average Bonchev–Trinajstić information content (AvgIpc) is 2.58. The summed E-state index contributed by atoms with van der Waals surface area (Å²) in [6.45, 7) is 0.895. The molecule has 0 bridgehead atoms. The molecule has 25 heavy (non-hydrogen) atoms. The standard InChI is InChI=1S/C18H25Cl2NO3P/c19-16-7-6-14(8-17(16)20)18-10-24-15(9-21-18)12-25(22,23)11-13-4-2-1-3-5-13/h6-8,12-13,18,21-23H,1-5,9-11H2/q+1/t18-/m0/s1. The van der Waals surface area contributed by atoms with Crippen LogP contribution in [0.15, 0.2) is 29.8 Å². The lowest BCUT2D eigenvalue weighted by molar-refractivity contribution is 0.139. The van der Waals surface area contributed by atoms with Gasteiger partial charge in [-0.05, 0) is 36.5 Å². The van der Waals surface area contributed by atoms with Crippen molar-refractivity contribution in [3.8, 4) is 0 Å². The van der Waals surface area contributed by atoms with Crippen LogP contribution in [-0.2, 0) is 4.74 Å². The second-order valence-electron chi connectivity index (χ2n) is 6.99. The third-order valence-corrected chi connectivity index (χ3v) is 7.40. The first-order chi connectivity index (χ1) is 11.9. The number of nitrogens with one attached hydrogen (secondary N) is 1. The van der Waals surface area contributed by atoms with E-state index in [4.69, 9.17) is 27.9 Å². The maximum atomic E-state index is 10.4. The molecule has 4 nitrogen and oxygen atoms in total. The van der Waals surface area contributed by atoms with Gasteiger partial charge in [0.2, 0.25) is 0 Å². The molecule has 1 saturated heterocycles. The zero-order valence-electron chi connectivity index (χ0n) is 14.1. The minimum Gasteiger partial charge on any atom is -0.491 e. The fraction of sp³-hybridized carbons (Fsp3) is 0.556. The van der Waals surface area contributed by atoms with Crippen LogP contribution in [0.2, 0.25) is 10.0 Å². The van der Waals surface area contributed by atoms with Crippen molar-refractivity contribution >= 4 is 30.9 Å². The van der Waals surface area contributed by atoms with Gasteiger partial charge >= 0.3 is 0 Å². The second-order valence-corrected chi connectivity index (χ2v) is 10.00. The Hall–Kier alpha value is -0.350. The summed E-state index contributed by atoms with van der Waals surface area (Å²) in [6.07, 6.45) is 6.35. The molecule has 2 fully saturated rings. The molecular formula is C18H25Cl2NO3P+. The van der Waals surface area contributed by atoms with Gasteiger partial charge in [0.05, 0.1) is 22.6 Å². The Balaban J connectivity index is 1.56. The van der Waals surface area contributed by atoms with Crippen LogP contribution in [0.25, 0.3) is 0 Å². The van der Waals surface area contributed by atoms with E-state index in [2.05, 4.69) is 5.32 Å². The van der Waals surface area contributed by atoms with Gasteiger partial charge in [-0.3, -0.25) is 5.32 Å². The molecule has 1 aliphatic heterocycles. The molecule has 0 unspecified atom stereocenters. The van der Waals surface area contributed by atoms with Gasteiger partial charge in [-0.15, -0.1) is 0 Å². The summed E-state index contributed by atoms with van der Waals surface area (Å²) >= 11 is 12.0. The minimum atomic E-state index is -3.05. The Labute approximate surface area is 159 Å². The van der Waals surface area contributed by atoms with Crippen molar-refractivity contribution in [3.05, 3.63) is 45.4 Å². The summed E-state index contributed by atoms with van der Waals surface area (Å²) in [5.41, 5.74) is 1.00. The SMILES string of the molecule is O[P+](O)(C=C1CN[C@H](c2ccc(Cl)c(Cl)c2)CO1)CC1CCCCC1. The number of morpholine rings is 1. The van der Waals surface area contributed by atoms with E-state index in [1.165, 1.54) is 19.3 Å². The van der Waals surface area contributed by atoms with E-state index in [0.29, 0.717) is 41.0 Å². The summed E-state index contributed by atoms with van der Waals surface area (Å²) in [5.74, 6) is 2.60. The lowest BCUT2D eigenvalue weighted by Gasteiger charge is -2.27. The maximum absolute atomic E-state index is 10.4. The van der Waals surface area contributed by atoms with E-state index in [1.54, 1.807) is 11.9 Å². The van der Waals surface area contributed by atoms with E-state index in [9.17, 15) is 9.79 Å². The van der Waals surface area contributed by atoms with Crippen molar-refractivity contribution in [2.24, 2.45) is 5.92 Å². The smallest absolute Gasteiger partial charge is 0.296 e. The van der Waals surface area contributed by atoms with E-state index >= 15 is 0 Å². The van der Waals surface area contributed by atoms with Gasteiger partial charge < -0.3 is 4.74 Å². The molecular weight excluding hydrogens is 380 g/mol. The van der Waals surface area contributed by atoms with Crippen LogP contribution in [-0.4, -0.2) is 29.1 Å². The topological polar surface area (TPSA) is 61.7 Å². The third kappa shape index (κ3) is 5.56. The highest BCUT2D eigenvalue weighted by molar-refractivity contribution is 7.67. The Morgan fingerprint density at radius 2 is 1.92 bits per heavy atom. The molecule has 3 rings (SSSR count). The van der Waals surface area contributed by atoms with Crippen LogP contribution in [0, 0.1) is 5.92 Å². The van der Waals surface area contributed by atoms with Crippen LogP contribution in [0.5, 0.6) is 0 Å². The van der Waals surface area contributed by atoms with Crippen molar-refractivity contribution in [1.82, 2.24) is 5.32 Å². The first-order valence-corrected chi connectivity index (χ1v) is 11.5. The largest absolute Gasteiger partial charge is 0.491 e. The number of hydrogen-bond acceptors (Lipinski definition) is 4. The fourth-order valence-electron chi connectivity index (χ4n) is 3.58. The summed E-state index contributed by atoms with van der Waals surface area (Å²) in [5, 5.41) is 4.41. The van der Waals surface area contributed by atoms with Crippen molar-refractivity contribution in [3.63, 3.8) is 0 Å². The van der Waals surface area contributed by atoms with Crippen LogP contribution >= 0.6 is 30.9 Å². The first-order valence-electron chi connectivity index (χ1n) is 8.79. The Bertz CT molecular complexity index is 623. The highest BCUT2D eigenvalue weighted by Gasteiger charge is 2.37. The quantitative estimate of drug-likeness (QED) is 0.623. The predicted molar refractivity (Wildman–Crippen MR) is 104 cm³/mol. The van der Waals surface area contributed by atoms with Crippen molar-refractivity contribution < 1.29 is 14.5 Å². The molecule has 7 heteroatoms. The Morgan fingerprint density at radius 3 is 2.56 bits per heavy atom. The zero-order chi connectivity index (χ0) is 17.9. The van der Waals surface area contributed by atoms with E-state index in [0.717, 1.165) is 18.4 Å². The fourth-order valence-corrected chi connectivity index (χ4v) is 5.75. The predicted octanol–water partition coefficient (Wildman–Crippen LogP) is 4.91. The normalized spacial score (nSPS) is 24.3. The van der Waals surface area contributed by atoms with Crippen molar-refractivity contribution in [2.45, 2.75) is 38.1 Å². The van der Waals surface area contributed by atoms with Crippen molar-refractivity contribution in [2.75, 3.05) is 19.3 Å². The monoisotopic (exact) mass is 404 g/mol. The summed E-state index contributed by atoms with van der Waals surface area (Å²) in [7, 11) is -3.05. The number of benzene rings is 1. The number of halogens is 2. The van der Waals surface area contributed by atoms with E-state index < -0.39 is 7.72 Å². The summed E-state index contributed by atoms with van der Waals surface area (Å²) < 4.78 is 5.77. The molecule has 1 heterocycles. The zero-order valence-corrected chi connectivity index (χ0v) is 16.5. The molecule has 3 N–H and O–H groups in total. The van der Waals surface area contributed by atoms with Gasteiger partial charge in [0, 0.05) is 0 Å². The van der Waals surface area contributed by atoms with Crippen molar-refractivity contribution in [1.29, 1.82) is 0 Å². The summed E-state index contributed by atoms with van der Waals surface area (Å²) in [6, 6.07) is 5.53. The van der Waals surface area contributed by atoms with E-state index in [-0.39, 0.29) is 6.04 Å². The Morgan fingerprint density at radius 1 is 1.16 bits per heavy atom. The molecule has 0 aromatic heterocycles. The van der Waals surface area contributed by atoms with Gasteiger partial charge in [0.25, 0.3) is 7.72 Å². The lowest BCUT2D eigenvalue weighted by atomic mass is 9.91. The van der Waals surface area contributed by atoms with Gasteiger partial charge in [-0.2, -0.15) is 0 Å². The third-order valence-electron chi connectivity index (χ3n) is 4.91. The molecule has 1 aromatic carbocycles. The second kappa shape index (κ2) is 8.56. The molecule has 0 spiro atoms. The van der Waals surface area contributed by atoms with Gasteiger partial charge in [0.15, 0.2) is 5.82 Å². The molecule has 2 aliphatic rings. The lowest BCUT2D eigenvalue weighted by Crippen LogP contribution is -2.33. The van der Waals surface area contributed by atoms with Crippen LogP contribution in [0.3, 0.4) is 0 Å². The molecule has 0 amide bonds. The number of ether oxygens (including phenoxy) is 1. The first kappa shape index (κ1) is 19.4. The highest BCUT2D eigenvalue weighted by Crippen LogP contribution is 2.55. The molecule has 138 valence electrons. The number of rotatable bonds is 4. The highest BCUT2D eigenvalue weighted by atomic mass is 35.5. The van der Waals surface area contributed by atoms with Gasteiger partial charge in [-0.25, -0.2) is 9.79 Å². The number of hydrogen-bond donors (Lipinski definition) is 3. The van der Waals surface area contributed by atoms with Crippen LogP contribution in [0.1, 0.15) is 43.7 Å². The minimum absolute atomic E-state index is 0.00961. The maximum Gasteiger partial charge on any atom is 0.296 e. The van der Waals surface area contributed by atoms with E-state index in [1.807, 2.05) is 12.1 Å². The summed E-state index contributed by atoms with van der Waals surface area (Å²) in [4.78, 5) is 20.8. The van der Waals surface area contributed by atoms with Crippen LogP contribution in [0.4, 0.5) is 0 Å². The van der Waals surface area contributed by atoms with Crippen LogP contribution < -0.4 is 5.32 Å². The average molecular weight is 405 g/mol. The molecule has 1 atom stereocenters. The molecule has 1 saturated carbocycles. The van der Waals surface area contributed by atoms with Gasteiger partial charge in [-0.1, -0.05) is 48.5 Å². The van der Waals surface area contributed by atoms with Gasteiger partial charge in [0.1, 0.15) is 18.5 Å². The molecule has 0 radical (unpaired) electrons. The Kier molecular flexibility index (Phi) is 6.65. The molecule has 1 aliphatic carbocycles. The molecule has 1 aromatic rings.